The molecule has 2 N–H and O–H groups in total. The maximum atomic E-state index is 12.2. The molecule has 1 aliphatic carbocycles. The molecule has 0 aromatic heterocycles. The van der Waals surface area contributed by atoms with E-state index in [2.05, 4.69) is 0 Å². The molecule has 2 aliphatic rings. The Morgan fingerprint density at radius 1 is 1.36 bits per heavy atom. The van der Waals surface area contributed by atoms with Crippen LogP contribution in [0.15, 0.2) is 0 Å². The van der Waals surface area contributed by atoms with Crippen LogP contribution in [-0.4, -0.2) is 29.9 Å². The summed E-state index contributed by atoms with van der Waals surface area (Å²) in [7, 11) is 0. The van der Waals surface area contributed by atoms with E-state index in [1.54, 1.807) is 0 Å². The molecule has 2 unspecified atom stereocenters. The molecule has 3 heteroatoms. The predicted octanol–water partition coefficient (Wildman–Crippen LogP) is 1.13. The van der Waals surface area contributed by atoms with Crippen molar-refractivity contribution in [3.8, 4) is 0 Å². The molecule has 14 heavy (non-hydrogen) atoms. The predicted molar refractivity (Wildman–Crippen MR) is 55.7 cm³/mol. The van der Waals surface area contributed by atoms with Gasteiger partial charge in [-0.3, -0.25) is 4.79 Å². The number of likely N-dealkylation sites (tertiary alicyclic amines) is 1. The third-order valence-corrected chi connectivity index (χ3v) is 3.91. The number of carbonyl (C=O) groups is 1. The molecule has 1 saturated carbocycles. The third kappa shape index (κ3) is 1.44. The third-order valence-electron chi connectivity index (χ3n) is 3.91. The van der Waals surface area contributed by atoms with Gasteiger partial charge >= 0.3 is 0 Å². The molecule has 2 rings (SSSR count). The van der Waals surface area contributed by atoms with E-state index in [1.807, 2.05) is 11.8 Å². The Morgan fingerprint density at radius 2 is 2.00 bits per heavy atom. The average Bonchev–Trinajstić information content (AvgIpc) is 2.77. The number of rotatable bonds is 1. The summed E-state index contributed by atoms with van der Waals surface area (Å²) < 4.78 is 0. The lowest BCUT2D eigenvalue weighted by atomic mass is 9.83. The van der Waals surface area contributed by atoms with Crippen molar-refractivity contribution in [1.82, 2.24) is 4.90 Å². The number of amides is 1. The Kier molecular flexibility index (Phi) is 2.52. The van der Waals surface area contributed by atoms with Crippen LogP contribution in [0, 0.1) is 5.41 Å². The molecule has 2 atom stereocenters. The first kappa shape index (κ1) is 9.97. The molecule has 0 bridgehead atoms. The quantitative estimate of drug-likeness (QED) is 0.683. The van der Waals surface area contributed by atoms with Crippen LogP contribution in [-0.2, 0) is 4.79 Å². The van der Waals surface area contributed by atoms with E-state index in [0.29, 0.717) is 5.91 Å². The second kappa shape index (κ2) is 3.54. The molecule has 80 valence electrons. The highest BCUT2D eigenvalue weighted by molar-refractivity contribution is 5.83. The van der Waals surface area contributed by atoms with Gasteiger partial charge in [-0.2, -0.15) is 0 Å². The minimum absolute atomic E-state index is 0.0793. The van der Waals surface area contributed by atoms with Gasteiger partial charge in [0.2, 0.25) is 5.91 Å². The van der Waals surface area contributed by atoms with Crippen LogP contribution in [0.3, 0.4) is 0 Å². The maximum Gasteiger partial charge on any atom is 0.230 e. The van der Waals surface area contributed by atoms with Gasteiger partial charge in [0, 0.05) is 19.1 Å². The zero-order chi connectivity index (χ0) is 10.2. The summed E-state index contributed by atoms with van der Waals surface area (Å²) in [6.45, 7) is 3.94. The van der Waals surface area contributed by atoms with E-state index in [0.717, 1.165) is 45.2 Å². The first-order valence-electron chi connectivity index (χ1n) is 5.69. The van der Waals surface area contributed by atoms with Crippen LogP contribution in [0.5, 0.6) is 0 Å². The van der Waals surface area contributed by atoms with Gasteiger partial charge in [0.1, 0.15) is 0 Å². The summed E-state index contributed by atoms with van der Waals surface area (Å²) in [5.41, 5.74) is 5.77. The van der Waals surface area contributed by atoms with Crippen molar-refractivity contribution in [1.29, 1.82) is 0 Å². The molecule has 1 heterocycles. The van der Waals surface area contributed by atoms with Crippen LogP contribution < -0.4 is 5.73 Å². The van der Waals surface area contributed by atoms with Gasteiger partial charge in [-0.25, -0.2) is 0 Å². The summed E-state index contributed by atoms with van der Waals surface area (Å²) >= 11 is 0. The molecule has 0 aromatic carbocycles. The first-order chi connectivity index (χ1) is 6.64. The smallest absolute Gasteiger partial charge is 0.230 e. The Labute approximate surface area is 85.6 Å². The first-order valence-corrected chi connectivity index (χ1v) is 5.69. The second-order valence-corrected chi connectivity index (χ2v) is 4.92. The Bertz CT molecular complexity index is 235. The molecule has 0 radical (unpaired) electrons. The van der Waals surface area contributed by atoms with Gasteiger partial charge in [0.25, 0.3) is 0 Å². The van der Waals surface area contributed by atoms with Crippen molar-refractivity contribution in [3.05, 3.63) is 0 Å². The number of nitrogens with zero attached hydrogens (tertiary/aromatic N) is 1. The van der Waals surface area contributed by atoms with E-state index in [4.69, 9.17) is 5.73 Å². The van der Waals surface area contributed by atoms with Crippen molar-refractivity contribution in [2.24, 2.45) is 11.1 Å². The average molecular weight is 196 g/mol. The van der Waals surface area contributed by atoms with Crippen LogP contribution in [0.1, 0.15) is 39.0 Å². The zero-order valence-electron chi connectivity index (χ0n) is 8.96. The van der Waals surface area contributed by atoms with Crippen LogP contribution in [0.4, 0.5) is 0 Å². The molecule has 0 spiro atoms. The van der Waals surface area contributed by atoms with Gasteiger partial charge in [-0.05, 0) is 32.6 Å². The monoisotopic (exact) mass is 196 g/mol. The Morgan fingerprint density at radius 3 is 2.50 bits per heavy atom. The summed E-state index contributed by atoms with van der Waals surface area (Å²) in [6, 6.07) is 0.0793. The molecule has 1 saturated heterocycles. The van der Waals surface area contributed by atoms with Crippen molar-refractivity contribution >= 4 is 5.91 Å². The number of nitrogens with two attached hydrogens (primary N) is 1. The van der Waals surface area contributed by atoms with Gasteiger partial charge in [-0.1, -0.05) is 6.42 Å². The highest BCUT2D eigenvalue weighted by Crippen LogP contribution is 2.38. The Hall–Kier alpha value is -0.570. The zero-order valence-corrected chi connectivity index (χ0v) is 8.96. The van der Waals surface area contributed by atoms with Crippen molar-refractivity contribution in [3.63, 3.8) is 0 Å². The highest BCUT2D eigenvalue weighted by atomic mass is 16.2. The maximum absolute atomic E-state index is 12.2. The van der Waals surface area contributed by atoms with Crippen molar-refractivity contribution in [2.75, 3.05) is 13.1 Å². The van der Waals surface area contributed by atoms with Crippen molar-refractivity contribution < 1.29 is 4.79 Å². The summed E-state index contributed by atoms with van der Waals surface area (Å²) in [4.78, 5) is 14.2. The van der Waals surface area contributed by atoms with E-state index in [-0.39, 0.29) is 11.5 Å². The van der Waals surface area contributed by atoms with E-state index >= 15 is 0 Å². The van der Waals surface area contributed by atoms with Crippen LogP contribution in [0.2, 0.25) is 0 Å². The highest BCUT2D eigenvalue weighted by Gasteiger charge is 2.45. The van der Waals surface area contributed by atoms with E-state index in [9.17, 15) is 4.79 Å². The molecular formula is C11H20N2O. The summed E-state index contributed by atoms with van der Waals surface area (Å²) in [5, 5.41) is 0. The standard InChI is InChI=1S/C11H20N2O/c1-11(6-4-5-9(11)12)10(14)13-7-2-3-8-13/h9H,2-8,12H2,1H3. The summed E-state index contributed by atoms with van der Waals surface area (Å²) in [5.74, 6) is 0.306. The van der Waals surface area contributed by atoms with Crippen LogP contribution in [0.25, 0.3) is 0 Å². The fourth-order valence-corrected chi connectivity index (χ4v) is 2.74. The van der Waals surface area contributed by atoms with E-state index < -0.39 is 0 Å². The lowest BCUT2D eigenvalue weighted by molar-refractivity contribution is -0.140. The lowest BCUT2D eigenvalue weighted by Gasteiger charge is -2.32. The largest absolute Gasteiger partial charge is 0.342 e. The number of hydrogen-bond acceptors (Lipinski definition) is 2. The fraction of sp³-hybridized carbons (Fsp3) is 0.909. The minimum atomic E-state index is -0.260. The van der Waals surface area contributed by atoms with Gasteiger partial charge in [-0.15, -0.1) is 0 Å². The minimum Gasteiger partial charge on any atom is -0.342 e. The van der Waals surface area contributed by atoms with E-state index in [1.165, 1.54) is 0 Å². The normalized spacial score (nSPS) is 37.9. The molecular weight excluding hydrogens is 176 g/mol. The fourth-order valence-electron chi connectivity index (χ4n) is 2.74. The number of hydrogen-bond donors (Lipinski definition) is 1. The molecule has 3 nitrogen and oxygen atoms in total. The SMILES string of the molecule is CC1(C(=O)N2CCCC2)CCCC1N. The van der Waals surface area contributed by atoms with Crippen molar-refractivity contribution in [2.45, 2.75) is 45.1 Å². The molecule has 0 aromatic rings. The lowest BCUT2D eigenvalue weighted by Crippen LogP contribution is -2.48. The molecule has 2 fully saturated rings. The van der Waals surface area contributed by atoms with Crippen LogP contribution >= 0.6 is 0 Å². The van der Waals surface area contributed by atoms with Gasteiger partial charge in [0.15, 0.2) is 0 Å². The summed E-state index contributed by atoms with van der Waals surface area (Å²) in [6.07, 6.45) is 5.42. The Balaban J connectivity index is 2.08. The topological polar surface area (TPSA) is 46.3 Å². The second-order valence-electron chi connectivity index (χ2n) is 4.92. The van der Waals surface area contributed by atoms with Gasteiger partial charge in [0.05, 0.1) is 5.41 Å². The molecule has 1 aliphatic heterocycles. The van der Waals surface area contributed by atoms with Gasteiger partial charge < -0.3 is 10.6 Å². The number of carbonyl (C=O) groups excluding carboxylic acids is 1. The molecule has 1 amide bonds.